The van der Waals surface area contributed by atoms with Gasteiger partial charge in [0.1, 0.15) is 5.82 Å². The molecule has 0 saturated heterocycles. The van der Waals surface area contributed by atoms with Crippen molar-refractivity contribution in [3.05, 3.63) is 71.3 Å². The maximum Gasteiger partial charge on any atom is 0.252 e. The largest absolute Gasteiger partial charge is 0.365 e. The fourth-order valence-corrected chi connectivity index (χ4v) is 3.05. The molecule has 0 bridgehead atoms. The van der Waals surface area contributed by atoms with Crippen LogP contribution in [0.4, 0.5) is 5.82 Å². The molecule has 1 saturated carbocycles. The third kappa shape index (κ3) is 2.83. The van der Waals surface area contributed by atoms with Gasteiger partial charge in [-0.25, -0.2) is 4.98 Å². The van der Waals surface area contributed by atoms with Crippen molar-refractivity contribution in [2.45, 2.75) is 25.3 Å². The highest BCUT2D eigenvalue weighted by Crippen LogP contribution is 2.43. The summed E-state index contributed by atoms with van der Waals surface area (Å²) in [7, 11) is 0. The summed E-state index contributed by atoms with van der Waals surface area (Å²) in [6.45, 7) is 0.602. The minimum absolute atomic E-state index is 0.436. The van der Waals surface area contributed by atoms with Gasteiger partial charge in [-0.15, -0.1) is 0 Å². The first-order chi connectivity index (χ1) is 11.7. The number of benzene rings is 2. The van der Waals surface area contributed by atoms with Crippen LogP contribution in [0.2, 0.25) is 0 Å². The number of nitrogens with zero attached hydrogens (tertiary/aromatic N) is 1. The second-order valence-electron chi connectivity index (χ2n) is 6.28. The molecule has 1 amide bonds. The number of carbonyl (C=O) groups is 1. The molecule has 24 heavy (non-hydrogen) atoms. The first-order valence-electron chi connectivity index (χ1n) is 8.23. The van der Waals surface area contributed by atoms with E-state index in [9.17, 15) is 4.79 Å². The van der Waals surface area contributed by atoms with E-state index < -0.39 is 5.91 Å². The lowest BCUT2D eigenvalue weighted by molar-refractivity contribution is 0.100. The molecule has 1 aromatic heterocycles. The van der Waals surface area contributed by atoms with Crippen molar-refractivity contribution >= 4 is 22.6 Å². The number of carbonyl (C=O) groups excluding carboxylic acids is 1. The highest BCUT2D eigenvalue weighted by molar-refractivity contribution is 6.01. The van der Waals surface area contributed by atoms with Gasteiger partial charge in [-0.05, 0) is 36.0 Å². The Balaban J connectivity index is 1.75. The number of rotatable bonds is 5. The molecular formula is C20H19N3O. The van der Waals surface area contributed by atoms with E-state index in [4.69, 9.17) is 10.7 Å². The molecule has 1 fully saturated rings. The molecule has 3 aromatic rings. The number of hydrogen-bond donors (Lipinski definition) is 2. The Kier molecular flexibility index (Phi) is 3.65. The molecule has 0 aliphatic heterocycles. The second-order valence-corrected chi connectivity index (χ2v) is 6.28. The van der Waals surface area contributed by atoms with Gasteiger partial charge in [0, 0.05) is 11.9 Å². The summed E-state index contributed by atoms with van der Waals surface area (Å²) in [4.78, 5) is 16.6. The molecule has 0 radical (unpaired) electrons. The van der Waals surface area contributed by atoms with E-state index >= 15 is 0 Å². The Morgan fingerprint density at radius 1 is 1.12 bits per heavy atom. The van der Waals surface area contributed by atoms with E-state index in [1.54, 1.807) is 0 Å². The fraction of sp³-hybridized carbons (Fsp3) is 0.200. The highest BCUT2D eigenvalue weighted by Gasteiger charge is 2.26. The van der Waals surface area contributed by atoms with E-state index in [1.165, 1.54) is 18.4 Å². The third-order valence-corrected chi connectivity index (χ3v) is 4.46. The Morgan fingerprint density at radius 3 is 2.62 bits per heavy atom. The van der Waals surface area contributed by atoms with Crippen LogP contribution in [0.5, 0.6) is 0 Å². The summed E-state index contributed by atoms with van der Waals surface area (Å²) < 4.78 is 0. The number of nitrogens with two attached hydrogens (primary N) is 1. The Morgan fingerprint density at radius 2 is 1.92 bits per heavy atom. The maximum absolute atomic E-state index is 11.9. The average molecular weight is 317 g/mol. The predicted molar refractivity (Wildman–Crippen MR) is 96.0 cm³/mol. The average Bonchev–Trinajstić information content (AvgIpc) is 3.44. The fourth-order valence-electron chi connectivity index (χ4n) is 3.05. The van der Waals surface area contributed by atoms with Gasteiger partial charge in [0.15, 0.2) is 0 Å². The summed E-state index contributed by atoms with van der Waals surface area (Å²) in [6, 6.07) is 18.0. The molecule has 0 unspecified atom stereocenters. The van der Waals surface area contributed by atoms with Crippen LogP contribution in [0.25, 0.3) is 10.9 Å². The number of nitrogens with one attached hydrogen (secondary N) is 1. The third-order valence-electron chi connectivity index (χ3n) is 4.46. The van der Waals surface area contributed by atoms with E-state index in [2.05, 4.69) is 11.4 Å². The van der Waals surface area contributed by atoms with E-state index in [0.29, 0.717) is 23.8 Å². The van der Waals surface area contributed by atoms with Crippen molar-refractivity contribution in [1.29, 1.82) is 0 Å². The molecule has 4 rings (SSSR count). The monoisotopic (exact) mass is 317 g/mol. The van der Waals surface area contributed by atoms with Crippen molar-refractivity contribution in [2.75, 3.05) is 5.32 Å². The van der Waals surface area contributed by atoms with Gasteiger partial charge in [0.25, 0.3) is 5.91 Å². The van der Waals surface area contributed by atoms with Crippen LogP contribution >= 0.6 is 0 Å². The summed E-state index contributed by atoms with van der Waals surface area (Å²) in [5.41, 5.74) is 9.37. The summed E-state index contributed by atoms with van der Waals surface area (Å²) in [5, 5.41) is 4.25. The zero-order chi connectivity index (χ0) is 16.5. The van der Waals surface area contributed by atoms with Gasteiger partial charge >= 0.3 is 0 Å². The number of fused-ring (bicyclic) bond motifs is 1. The lowest BCUT2D eigenvalue weighted by Crippen LogP contribution is -2.16. The van der Waals surface area contributed by atoms with Crippen LogP contribution < -0.4 is 11.1 Å². The Labute approximate surface area is 140 Å². The van der Waals surface area contributed by atoms with E-state index in [-0.39, 0.29) is 0 Å². The van der Waals surface area contributed by atoms with Gasteiger partial charge in [-0.2, -0.15) is 0 Å². The number of para-hydroxylation sites is 1. The molecule has 0 spiro atoms. The molecule has 3 N–H and O–H groups in total. The number of pyridine rings is 1. The van der Waals surface area contributed by atoms with Crippen LogP contribution in [-0.2, 0) is 6.54 Å². The van der Waals surface area contributed by atoms with Crippen molar-refractivity contribution in [1.82, 2.24) is 4.98 Å². The molecule has 1 heterocycles. The molecule has 120 valence electrons. The van der Waals surface area contributed by atoms with Crippen molar-refractivity contribution in [2.24, 2.45) is 5.73 Å². The van der Waals surface area contributed by atoms with Gasteiger partial charge in [0.05, 0.1) is 11.1 Å². The lowest BCUT2D eigenvalue weighted by atomic mass is 10.0. The van der Waals surface area contributed by atoms with Crippen LogP contribution in [0.1, 0.15) is 40.2 Å². The molecule has 1 aliphatic carbocycles. The van der Waals surface area contributed by atoms with Gasteiger partial charge in [-0.3, -0.25) is 4.79 Å². The predicted octanol–water partition coefficient (Wildman–Crippen LogP) is 3.82. The lowest BCUT2D eigenvalue weighted by Gasteiger charge is -2.13. The number of anilines is 1. The Hall–Kier alpha value is -2.88. The molecule has 4 heteroatoms. The summed E-state index contributed by atoms with van der Waals surface area (Å²) >= 11 is 0. The van der Waals surface area contributed by atoms with Crippen LogP contribution in [-0.4, -0.2) is 10.9 Å². The summed E-state index contributed by atoms with van der Waals surface area (Å²) in [6.07, 6.45) is 2.43. The van der Waals surface area contributed by atoms with E-state index in [1.807, 2.05) is 48.5 Å². The molecule has 2 aromatic carbocycles. The zero-order valence-electron chi connectivity index (χ0n) is 13.3. The smallest absolute Gasteiger partial charge is 0.252 e. The minimum atomic E-state index is -0.461. The maximum atomic E-state index is 11.9. The van der Waals surface area contributed by atoms with Crippen LogP contribution in [0, 0.1) is 0 Å². The topological polar surface area (TPSA) is 68.0 Å². The molecule has 0 atom stereocenters. The van der Waals surface area contributed by atoms with Gasteiger partial charge in [-0.1, -0.05) is 48.5 Å². The molecular weight excluding hydrogens is 298 g/mol. The zero-order valence-corrected chi connectivity index (χ0v) is 13.3. The molecule has 4 nitrogen and oxygen atoms in total. The first-order valence-corrected chi connectivity index (χ1v) is 8.23. The minimum Gasteiger partial charge on any atom is -0.365 e. The van der Waals surface area contributed by atoms with E-state index in [0.717, 1.165) is 16.5 Å². The second kappa shape index (κ2) is 5.96. The Bertz CT molecular complexity index is 901. The quantitative estimate of drug-likeness (QED) is 0.751. The SMILES string of the molecule is NC(=O)c1cc2cccc(C3CC3)c2nc1NCc1ccccc1. The number of hydrogen-bond acceptors (Lipinski definition) is 3. The number of aromatic nitrogens is 1. The van der Waals surface area contributed by atoms with Crippen LogP contribution in [0.3, 0.4) is 0 Å². The van der Waals surface area contributed by atoms with Crippen LogP contribution in [0.15, 0.2) is 54.6 Å². The summed E-state index contributed by atoms with van der Waals surface area (Å²) in [5.74, 6) is 0.700. The first kappa shape index (κ1) is 14.7. The van der Waals surface area contributed by atoms with Gasteiger partial charge < -0.3 is 11.1 Å². The van der Waals surface area contributed by atoms with Crippen molar-refractivity contribution in [3.8, 4) is 0 Å². The van der Waals surface area contributed by atoms with Crippen molar-refractivity contribution in [3.63, 3.8) is 0 Å². The normalized spacial score (nSPS) is 13.8. The van der Waals surface area contributed by atoms with Gasteiger partial charge in [0.2, 0.25) is 0 Å². The number of amides is 1. The molecule has 1 aliphatic rings. The number of primary amides is 1. The van der Waals surface area contributed by atoms with Crippen molar-refractivity contribution < 1.29 is 4.79 Å². The standard InChI is InChI=1S/C20H19N3O/c21-19(24)17-11-15-7-4-8-16(14-9-10-14)18(15)23-20(17)22-12-13-5-2-1-3-6-13/h1-8,11,14H,9-10,12H2,(H2,21,24)(H,22,23). The highest BCUT2D eigenvalue weighted by atomic mass is 16.1.